The van der Waals surface area contributed by atoms with Crippen LogP contribution in [0.4, 0.5) is 18.9 Å². The number of likely N-dealkylation sites (N-methyl/N-ethyl adjacent to an activating group) is 1. The van der Waals surface area contributed by atoms with E-state index in [4.69, 9.17) is 0 Å². The largest absolute Gasteiger partial charge is 0.416 e. The summed E-state index contributed by atoms with van der Waals surface area (Å²) in [6.07, 6.45) is -4.56. The van der Waals surface area contributed by atoms with Gasteiger partial charge < -0.3 is 10.2 Å². The van der Waals surface area contributed by atoms with Gasteiger partial charge in [0.05, 0.1) is 40.4 Å². The number of hydrogen-bond acceptors (Lipinski definition) is 5. The molecular formula is C21H21F3N4O3S. The summed E-state index contributed by atoms with van der Waals surface area (Å²) < 4.78 is 66.1. The topological polar surface area (TPSA) is 91.4 Å². The minimum atomic E-state index is -4.56. The van der Waals surface area contributed by atoms with Gasteiger partial charge in [-0.25, -0.2) is 13.4 Å². The predicted molar refractivity (Wildman–Crippen MR) is 114 cm³/mol. The zero-order valence-corrected chi connectivity index (χ0v) is 18.1. The van der Waals surface area contributed by atoms with Gasteiger partial charge in [-0.2, -0.15) is 13.2 Å². The molecule has 7 nitrogen and oxygen atoms in total. The van der Waals surface area contributed by atoms with Gasteiger partial charge in [0.15, 0.2) is 0 Å². The highest BCUT2D eigenvalue weighted by Gasteiger charge is 2.30. The Hall–Kier alpha value is -3.18. The zero-order valence-electron chi connectivity index (χ0n) is 17.3. The average Bonchev–Trinajstić information content (AvgIpc) is 2.71. The molecule has 0 spiro atoms. The summed E-state index contributed by atoms with van der Waals surface area (Å²) in [5, 5.41) is 3.39. The van der Waals surface area contributed by atoms with Crippen molar-refractivity contribution in [3.63, 3.8) is 0 Å². The second kappa shape index (κ2) is 9.13. The van der Waals surface area contributed by atoms with Gasteiger partial charge in [-0.1, -0.05) is 18.2 Å². The van der Waals surface area contributed by atoms with Crippen molar-refractivity contribution in [3.05, 3.63) is 65.9 Å². The number of carbonyl (C=O) groups excluding carboxylic acids is 1. The number of sulfonamides is 1. The molecule has 32 heavy (non-hydrogen) atoms. The molecule has 3 aromatic rings. The van der Waals surface area contributed by atoms with Gasteiger partial charge in [-0.15, -0.1) is 0 Å². The van der Waals surface area contributed by atoms with Gasteiger partial charge in [-0.3, -0.25) is 9.52 Å². The molecule has 0 unspecified atom stereocenters. The Labute approximate surface area is 183 Å². The van der Waals surface area contributed by atoms with Crippen LogP contribution in [0.25, 0.3) is 10.9 Å². The number of benzene rings is 2. The Bertz CT molecular complexity index is 1230. The third-order valence-electron chi connectivity index (χ3n) is 4.44. The van der Waals surface area contributed by atoms with Crippen molar-refractivity contribution < 1.29 is 26.4 Å². The molecule has 0 radical (unpaired) electrons. The number of rotatable bonds is 7. The molecule has 1 heterocycles. The molecule has 0 atom stereocenters. The number of halogens is 3. The van der Waals surface area contributed by atoms with Gasteiger partial charge in [0.2, 0.25) is 5.91 Å². The number of alkyl halides is 3. The van der Waals surface area contributed by atoms with Crippen LogP contribution in [-0.2, 0) is 27.5 Å². The monoisotopic (exact) mass is 466 g/mol. The number of carbonyl (C=O) groups is 1. The first kappa shape index (κ1) is 23.5. The first-order chi connectivity index (χ1) is 15.0. The van der Waals surface area contributed by atoms with Crippen LogP contribution in [-0.4, -0.2) is 44.8 Å². The first-order valence-electron chi connectivity index (χ1n) is 9.46. The Morgan fingerprint density at radius 2 is 1.72 bits per heavy atom. The van der Waals surface area contributed by atoms with Gasteiger partial charge in [0.25, 0.3) is 10.0 Å². The number of nitrogens with zero attached hydrogens (tertiary/aromatic N) is 2. The van der Waals surface area contributed by atoms with Crippen LogP contribution in [0.5, 0.6) is 0 Å². The molecule has 3 rings (SSSR count). The van der Waals surface area contributed by atoms with Crippen LogP contribution in [0.3, 0.4) is 0 Å². The number of nitrogens with one attached hydrogen (secondary N) is 2. The molecule has 0 saturated carbocycles. The second-order valence-electron chi connectivity index (χ2n) is 7.32. The molecule has 2 aromatic carbocycles. The van der Waals surface area contributed by atoms with Crippen molar-refractivity contribution in [2.45, 2.75) is 17.6 Å². The van der Waals surface area contributed by atoms with E-state index in [9.17, 15) is 26.4 Å². The number of anilines is 1. The van der Waals surface area contributed by atoms with E-state index in [2.05, 4.69) is 15.0 Å². The van der Waals surface area contributed by atoms with E-state index < -0.39 is 21.8 Å². The lowest BCUT2D eigenvalue weighted by Gasteiger charge is -2.13. The number of para-hydroxylation sites is 1. The van der Waals surface area contributed by atoms with Crippen LogP contribution in [0.1, 0.15) is 11.3 Å². The molecule has 0 aliphatic heterocycles. The van der Waals surface area contributed by atoms with E-state index in [1.807, 2.05) is 0 Å². The van der Waals surface area contributed by atoms with Gasteiger partial charge in [-0.05, 0) is 50.5 Å². The van der Waals surface area contributed by atoms with E-state index in [1.54, 1.807) is 43.3 Å². The van der Waals surface area contributed by atoms with Crippen molar-refractivity contribution in [1.82, 2.24) is 15.2 Å². The molecule has 0 aliphatic carbocycles. The van der Waals surface area contributed by atoms with Crippen LogP contribution in [0.2, 0.25) is 0 Å². The number of fused-ring (bicyclic) bond motifs is 1. The highest BCUT2D eigenvalue weighted by atomic mass is 32.2. The quantitative estimate of drug-likeness (QED) is 0.558. The normalized spacial score (nSPS) is 12.2. The SMILES string of the molecule is CN(C)CC(=O)NCc1ccc2cccc(NS(=O)(=O)c3ccc(C(F)(F)F)cc3)c2n1. The summed E-state index contributed by atoms with van der Waals surface area (Å²) in [4.78, 5) is 17.7. The molecule has 0 aliphatic rings. The van der Waals surface area contributed by atoms with E-state index in [-0.39, 0.29) is 29.6 Å². The number of aromatic nitrogens is 1. The molecule has 170 valence electrons. The van der Waals surface area contributed by atoms with Gasteiger partial charge >= 0.3 is 6.18 Å². The fourth-order valence-corrected chi connectivity index (χ4v) is 3.99. The van der Waals surface area contributed by atoms with Crippen molar-refractivity contribution in [2.24, 2.45) is 0 Å². The fraction of sp³-hybridized carbons (Fsp3) is 0.238. The Balaban J connectivity index is 1.85. The van der Waals surface area contributed by atoms with Crippen molar-refractivity contribution in [2.75, 3.05) is 25.4 Å². The summed E-state index contributed by atoms with van der Waals surface area (Å²) in [5.41, 5.74) is 0.0984. The molecule has 1 aromatic heterocycles. The Morgan fingerprint density at radius 1 is 1.03 bits per heavy atom. The predicted octanol–water partition coefficient (Wildman–Crippen LogP) is 3.23. The molecule has 2 N–H and O–H groups in total. The molecular weight excluding hydrogens is 445 g/mol. The van der Waals surface area contributed by atoms with Gasteiger partial charge in [0, 0.05) is 5.39 Å². The summed E-state index contributed by atoms with van der Waals surface area (Å²) in [6.45, 7) is 0.369. The molecule has 11 heteroatoms. The third-order valence-corrected chi connectivity index (χ3v) is 5.82. The van der Waals surface area contributed by atoms with Crippen LogP contribution in [0.15, 0.2) is 59.5 Å². The van der Waals surface area contributed by atoms with Crippen molar-refractivity contribution in [1.29, 1.82) is 0 Å². The van der Waals surface area contributed by atoms with Crippen molar-refractivity contribution in [3.8, 4) is 0 Å². The highest BCUT2D eigenvalue weighted by Crippen LogP contribution is 2.30. The van der Waals surface area contributed by atoms with E-state index >= 15 is 0 Å². The lowest BCUT2D eigenvalue weighted by Crippen LogP contribution is -2.33. The maximum atomic E-state index is 12.7. The summed E-state index contributed by atoms with van der Waals surface area (Å²) in [5.74, 6) is -0.187. The van der Waals surface area contributed by atoms with E-state index in [1.165, 1.54) is 6.07 Å². The minimum Gasteiger partial charge on any atom is -0.349 e. The average molecular weight is 466 g/mol. The molecule has 0 fully saturated rings. The standard InChI is InChI=1S/C21H21F3N4O3S/c1-28(2)13-19(29)25-12-16-9-6-14-4-3-5-18(20(14)26-16)27-32(30,31)17-10-7-15(8-11-17)21(22,23)24/h3-11,27H,12-13H2,1-2H3,(H,25,29). The summed E-state index contributed by atoms with van der Waals surface area (Å²) in [6, 6.07) is 11.6. The second-order valence-corrected chi connectivity index (χ2v) is 9.00. The number of amides is 1. The zero-order chi connectivity index (χ0) is 23.5. The third kappa shape index (κ3) is 5.74. The molecule has 1 amide bonds. The van der Waals surface area contributed by atoms with E-state index in [0.29, 0.717) is 28.7 Å². The summed E-state index contributed by atoms with van der Waals surface area (Å²) >= 11 is 0. The first-order valence-corrected chi connectivity index (χ1v) is 10.9. The Kier molecular flexibility index (Phi) is 6.70. The molecule has 0 saturated heterocycles. The van der Waals surface area contributed by atoms with E-state index in [0.717, 1.165) is 12.1 Å². The molecule has 0 bridgehead atoms. The Morgan fingerprint density at radius 3 is 2.34 bits per heavy atom. The number of pyridine rings is 1. The summed E-state index contributed by atoms with van der Waals surface area (Å²) in [7, 11) is -0.618. The highest BCUT2D eigenvalue weighted by molar-refractivity contribution is 7.92. The maximum Gasteiger partial charge on any atom is 0.416 e. The van der Waals surface area contributed by atoms with Gasteiger partial charge in [0.1, 0.15) is 0 Å². The van der Waals surface area contributed by atoms with Crippen LogP contribution in [0, 0.1) is 0 Å². The smallest absolute Gasteiger partial charge is 0.349 e. The number of hydrogen-bond donors (Lipinski definition) is 2. The lowest BCUT2D eigenvalue weighted by molar-refractivity contribution is -0.137. The van der Waals surface area contributed by atoms with Crippen LogP contribution < -0.4 is 10.0 Å². The minimum absolute atomic E-state index is 0.155. The van der Waals surface area contributed by atoms with Crippen molar-refractivity contribution >= 4 is 32.5 Å². The fourth-order valence-electron chi connectivity index (χ4n) is 2.93. The lowest BCUT2D eigenvalue weighted by atomic mass is 10.2. The van der Waals surface area contributed by atoms with Crippen LogP contribution >= 0.6 is 0 Å². The maximum absolute atomic E-state index is 12.7.